The molecular formula is K3MoO7P. The van der Waals surface area contributed by atoms with Crippen molar-refractivity contribution in [3.63, 3.8) is 0 Å². The van der Waals surface area contributed by atoms with Crippen molar-refractivity contribution in [2.24, 2.45) is 0 Å². The summed E-state index contributed by atoms with van der Waals surface area (Å²) in [5, 5.41) is 0. The summed E-state index contributed by atoms with van der Waals surface area (Å²) in [7, 11) is -5.39. The van der Waals surface area contributed by atoms with Gasteiger partial charge in [-0.15, -0.1) is 0 Å². The van der Waals surface area contributed by atoms with Gasteiger partial charge in [-0.05, 0) is 0 Å². The Kier molecular flexibility index (Phi) is 46.6. The van der Waals surface area contributed by atoms with E-state index in [1.165, 1.54) is 0 Å². The fraction of sp³-hybridized carbons (Fsp3) is 0. The molecule has 0 aliphatic rings. The van der Waals surface area contributed by atoms with E-state index in [-0.39, 0.29) is 154 Å². The molecule has 7 nitrogen and oxygen atoms in total. The van der Waals surface area contributed by atoms with E-state index in [0.29, 0.717) is 0 Å². The van der Waals surface area contributed by atoms with Crippen molar-refractivity contribution in [2.45, 2.75) is 0 Å². The maximum atomic E-state index is 8.59. The van der Waals surface area contributed by atoms with E-state index < -0.39 is 25.0 Å². The van der Waals surface area contributed by atoms with Gasteiger partial charge in [-0.2, -0.15) is 7.82 Å². The molecule has 0 radical (unpaired) electrons. The number of phosphoric acid groups is 1. The van der Waals surface area contributed by atoms with Crippen LogP contribution in [0.25, 0.3) is 0 Å². The third-order valence-corrected chi connectivity index (χ3v) is 0. The van der Waals surface area contributed by atoms with E-state index in [9.17, 15) is 0 Å². The molecule has 0 saturated carbocycles. The van der Waals surface area contributed by atoms with Gasteiger partial charge in [0.15, 0.2) is 0 Å². The van der Waals surface area contributed by atoms with Crippen LogP contribution in [0.5, 0.6) is 0 Å². The molecule has 0 saturated heterocycles. The molecular weight excluding hydrogens is 356 g/mol. The Morgan fingerprint density at radius 1 is 0.833 bits per heavy atom. The van der Waals surface area contributed by atoms with Crippen molar-refractivity contribution in [2.75, 3.05) is 0 Å². The molecule has 56 valence electrons. The Bertz CT molecular complexity index is 183. The van der Waals surface area contributed by atoms with Crippen LogP contribution < -0.4 is 169 Å². The van der Waals surface area contributed by atoms with Crippen LogP contribution in [-0.4, -0.2) is 0 Å². The van der Waals surface area contributed by atoms with Gasteiger partial charge in [-0.1, -0.05) is 0 Å². The first kappa shape index (κ1) is 30.3. The summed E-state index contributed by atoms with van der Waals surface area (Å²) in [4.78, 5) is 25.6. The monoisotopic (exact) mass is 358 g/mol. The Morgan fingerprint density at radius 3 is 0.833 bits per heavy atom. The summed E-state index contributed by atoms with van der Waals surface area (Å²) in [5.74, 6) is 0. The van der Waals surface area contributed by atoms with E-state index in [2.05, 4.69) is 0 Å². The third kappa shape index (κ3) is 115. The SMILES string of the molecule is O=P([O-])([O-])[O-].[K+].[K+].[K+].[O]=[Mo](=[O])=[O]. The van der Waals surface area contributed by atoms with Crippen molar-refractivity contribution in [3.8, 4) is 0 Å². The second-order valence-electron chi connectivity index (χ2n) is 0.651. The van der Waals surface area contributed by atoms with Crippen LogP contribution in [0.1, 0.15) is 0 Å². The molecule has 0 unspecified atom stereocenters. The van der Waals surface area contributed by atoms with Crippen molar-refractivity contribution >= 4 is 7.82 Å². The molecule has 0 heterocycles. The predicted molar refractivity (Wildman–Crippen MR) is 9.67 cm³/mol. The molecule has 0 spiro atoms. The van der Waals surface area contributed by atoms with Crippen LogP contribution in [0.3, 0.4) is 0 Å². The first-order chi connectivity index (χ1) is 3.73. The van der Waals surface area contributed by atoms with Crippen LogP contribution in [0.4, 0.5) is 0 Å². The van der Waals surface area contributed by atoms with Crippen LogP contribution in [0.2, 0.25) is 0 Å². The Morgan fingerprint density at radius 2 is 0.833 bits per heavy atom. The molecule has 0 rings (SSSR count). The van der Waals surface area contributed by atoms with Crippen molar-refractivity contribution in [1.29, 1.82) is 0 Å². The first-order valence-corrected chi connectivity index (χ1v) is 5.15. The van der Waals surface area contributed by atoms with Gasteiger partial charge in [-0.3, -0.25) is 0 Å². The zero-order chi connectivity index (χ0) is 8.08. The molecule has 0 aromatic carbocycles. The minimum atomic E-state index is -5.39. The standard InChI is InChI=1S/3K.Mo.H3O4P.3O/c;;;;1-5(2,3)4;;;/h;;;;(H3,1,2,3,4);;;/q3*+1;;;;;/p-3. The molecule has 0 aromatic heterocycles. The average molecular weight is 356 g/mol. The number of hydrogen-bond acceptors (Lipinski definition) is 7. The van der Waals surface area contributed by atoms with Gasteiger partial charge in [0.05, 0.1) is 0 Å². The predicted octanol–water partition coefficient (Wildman–Crippen LogP) is -12.2. The molecule has 0 aliphatic carbocycles. The Balaban J connectivity index is -0.0000000221. The number of hydrogen-bond donors (Lipinski definition) is 0. The van der Waals surface area contributed by atoms with E-state index in [1.54, 1.807) is 0 Å². The fourth-order valence-corrected chi connectivity index (χ4v) is 0. The zero-order valence-electron chi connectivity index (χ0n) is 6.71. The minimum absolute atomic E-state index is 0. The van der Waals surface area contributed by atoms with Crippen LogP contribution in [0.15, 0.2) is 0 Å². The zero-order valence-corrected chi connectivity index (χ0v) is 19.0. The van der Waals surface area contributed by atoms with Gasteiger partial charge in [0.2, 0.25) is 0 Å². The summed E-state index contributed by atoms with van der Waals surface area (Å²) < 4.78 is 34.3. The van der Waals surface area contributed by atoms with Crippen LogP contribution in [0, 0.1) is 0 Å². The quantitative estimate of drug-likeness (QED) is 0.310. The first-order valence-electron chi connectivity index (χ1n) is 1.23. The van der Waals surface area contributed by atoms with Gasteiger partial charge >= 0.3 is 182 Å². The molecule has 12 heavy (non-hydrogen) atoms. The second-order valence-corrected chi connectivity index (χ2v) is 2.55. The van der Waals surface area contributed by atoms with Crippen molar-refractivity contribution < 1.29 is 201 Å². The van der Waals surface area contributed by atoms with Crippen LogP contribution in [-0.2, 0) is 32.0 Å². The fourth-order valence-electron chi connectivity index (χ4n) is 0. The third-order valence-electron chi connectivity index (χ3n) is 0. The van der Waals surface area contributed by atoms with Gasteiger partial charge in [0, 0.05) is 0 Å². The second kappa shape index (κ2) is 18.5. The van der Waals surface area contributed by atoms with E-state index >= 15 is 0 Å². The molecule has 0 bridgehead atoms. The van der Waals surface area contributed by atoms with Crippen molar-refractivity contribution in [3.05, 3.63) is 0 Å². The molecule has 0 atom stereocenters. The van der Waals surface area contributed by atoms with Crippen LogP contribution >= 0.6 is 7.82 Å². The van der Waals surface area contributed by atoms with Crippen molar-refractivity contribution in [1.82, 2.24) is 0 Å². The molecule has 0 N–H and O–H groups in total. The van der Waals surface area contributed by atoms with Gasteiger partial charge in [0.25, 0.3) is 0 Å². The maximum absolute atomic E-state index is 8.59. The average Bonchev–Trinajstić information content (AvgIpc) is 1.19. The molecule has 0 fully saturated rings. The Labute approximate surface area is 202 Å². The number of rotatable bonds is 0. The summed E-state index contributed by atoms with van der Waals surface area (Å²) in [6, 6.07) is 0. The topological polar surface area (TPSA) is 137 Å². The summed E-state index contributed by atoms with van der Waals surface area (Å²) in [6.07, 6.45) is 0. The van der Waals surface area contributed by atoms with Gasteiger partial charge < -0.3 is 19.2 Å². The molecule has 0 aliphatic heterocycles. The summed E-state index contributed by atoms with van der Waals surface area (Å²) in [6.45, 7) is 0. The van der Waals surface area contributed by atoms with E-state index in [4.69, 9.17) is 29.4 Å². The Hall–Kier alpha value is 5.11. The normalized spacial score (nSPS) is 6.92. The summed E-state index contributed by atoms with van der Waals surface area (Å²) in [5.41, 5.74) is 0. The molecule has 12 heteroatoms. The van der Waals surface area contributed by atoms with Gasteiger partial charge in [-0.25, -0.2) is 0 Å². The molecule has 0 amide bonds. The summed E-state index contributed by atoms with van der Waals surface area (Å²) >= 11 is -4.11. The van der Waals surface area contributed by atoms with E-state index in [1.807, 2.05) is 0 Å². The van der Waals surface area contributed by atoms with Gasteiger partial charge in [0.1, 0.15) is 0 Å². The van der Waals surface area contributed by atoms with E-state index in [0.717, 1.165) is 0 Å². The molecule has 0 aromatic rings.